The van der Waals surface area contributed by atoms with Crippen LogP contribution in [0.3, 0.4) is 0 Å². The van der Waals surface area contributed by atoms with Crippen molar-refractivity contribution < 1.29 is 13.2 Å². The standard InChI is InChI=1S/C20H22N4O3S/c1-28(26,27)24-12-5-4-11-18(24)20(25)21-15-8-6-7-14(13-15)19-22-16-9-2-3-10-17(16)23-19/h2-3,6-10,13,18H,4-5,11-12H2,1H3,(H,21,25)(H,22,23). The molecule has 1 aliphatic heterocycles. The molecule has 2 aromatic carbocycles. The summed E-state index contributed by atoms with van der Waals surface area (Å²) in [4.78, 5) is 20.6. The summed E-state index contributed by atoms with van der Waals surface area (Å²) in [5.74, 6) is 0.416. The lowest BCUT2D eigenvalue weighted by atomic mass is 10.0. The van der Waals surface area contributed by atoms with E-state index >= 15 is 0 Å². The monoisotopic (exact) mass is 398 g/mol. The van der Waals surface area contributed by atoms with Crippen molar-refractivity contribution in [3.63, 3.8) is 0 Å². The van der Waals surface area contributed by atoms with Gasteiger partial charge in [0.25, 0.3) is 0 Å². The number of hydrogen-bond donors (Lipinski definition) is 2. The number of hydrogen-bond acceptors (Lipinski definition) is 4. The molecule has 8 heteroatoms. The Morgan fingerprint density at radius 3 is 2.79 bits per heavy atom. The number of anilines is 1. The fraction of sp³-hybridized carbons (Fsp3) is 0.300. The minimum absolute atomic E-state index is 0.299. The van der Waals surface area contributed by atoms with Crippen molar-refractivity contribution in [2.45, 2.75) is 25.3 Å². The Hall–Kier alpha value is -2.71. The number of aromatic amines is 1. The Balaban J connectivity index is 1.57. The van der Waals surface area contributed by atoms with E-state index in [0.29, 0.717) is 24.5 Å². The number of piperidine rings is 1. The predicted molar refractivity (Wildman–Crippen MR) is 109 cm³/mol. The zero-order valence-corrected chi connectivity index (χ0v) is 16.4. The number of amides is 1. The van der Waals surface area contributed by atoms with Crippen LogP contribution < -0.4 is 5.32 Å². The van der Waals surface area contributed by atoms with Gasteiger partial charge in [-0.3, -0.25) is 4.79 Å². The highest BCUT2D eigenvalue weighted by Crippen LogP contribution is 2.25. The molecule has 146 valence electrons. The minimum atomic E-state index is -3.42. The molecule has 0 aliphatic carbocycles. The normalized spacial score (nSPS) is 18.2. The first-order valence-electron chi connectivity index (χ1n) is 9.25. The van der Waals surface area contributed by atoms with Crippen molar-refractivity contribution in [1.82, 2.24) is 14.3 Å². The van der Waals surface area contributed by atoms with Crippen molar-refractivity contribution in [1.29, 1.82) is 0 Å². The Labute approximate surface area is 163 Å². The molecule has 0 bridgehead atoms. The van der Waals surface area contributed by atoms with Gasteiger partial charge in [-0.2, -0.15) is 4.31 Å². The third-order valence-corrected chi connectivity index (χ3v) is 6.26. The largest absolute Gasteiger partial charge is 0.338 e. The molecular formula is C20H22N4O3S. The van der Waals surface area contributed by atoms with Crippen LogP contribution in [-0.4, -0.2) is 47.4 Å². The van der Waals surface area contributed by atoms with Crippen LogP contribution in [0.1, 0.15) is 19.3 Å². The average Bonchev–Trinajstić information content (AvgIpc) is 3.12. The molecule has 1 fully saturated rings. The number of nitrogens with one attached hydrogen (secondary N) is 2. The molecule has 28 heavy (non-hydrogen) atoms. The van der Waals surface area contributed by atoms with Crippen molar-refractivity contribution >= 4 is 32.7 Å². The lowest BCUT2D eigenvalue weighted by molar-refractivity contribution is -0.120. The molecule has 1 saturated heterocycles. The number of aromatic nitrogens is 2. The van der Waals surface area contributed by atoms with Gasteiger partial charge in [0.15, 0.2) is 0 Å². The maximum atomic E-state index is 12.8. The molecule has 0 radical (unpaired) electrons. The highest BCUT2D eigenvalue weighted by Gasteiger charge is 2.34. The summed E-state index contributed by atoms with van der Waals surface area (Å²) in [5, 5.41) is 2.87. The number of imidazole rings is 1. The van der Waals surface area contributed by atoms with Gasteiger partial charge in [-0.25, -0.2) is 13.4 Å². The Kier molecular flexibility index (Phi) is 4.91. The number of carbonyl (C=O) groups is 1. The Morgan fingerprint density at radius 2 is 2.00 bits per heavy atom. The van der Waals surface area contributed by atoms with E-state index in [2.05, 4.69) is 15.3 Å². The number of rotatable bonds is 4. The lowest BCUT2D eigenvalue weighted by Gasteiger charge is -2.32. The second kappa shape index (κ2) is 7.37. The van der Waals surface area contributed by atoms with Gasteiger partial charge in [-0.1, -0.05) is 30.7 Å². The highest BCUT2D eigenvalue weighted by molar-refractivity contribution is 7.88. The quantitative estimate of drug-likeness (QED) is 0.706. The summed E-state index contributed by atoms with van der Waals surface area (Å²) < 4.78 is 25.3. The van der Waals surface area contributed by atoms with E-state index in [-0.39, 0.29) is 5.91 Å². The molecule has 1 aromatic heterocycles. The Bertz CT molecular complexity index is 1090. The van der Waals surface area contributed by atoms with Crippen molar-refractivity contribution in [2.75, 3.05) is 18.1 Å². The number of para-hydroxylation sites is 2. The van der Waals surface area contributed by atoms with Crippen LogP contribution in [0.4, 0.5) is 5.69 Å². The van der Waals surface area contributed by atoms with Crippen LogP contribution in [0, 0.1) is 0 Å². The van der Waals surface area contributed by atoms with E-state index in [9.17, 15) is 13.2 Å². The summed E-state index contributed by atoms with van der Waals surface area (Å²) in [7, 11) is -3.42. The molecule has 1 amide bonds. The van der Waals surface area contributed by atoms with E-state index < -0.39 is 16.1 Å². The third kappa shape index (κ3) is 3.79. The molecule has 1 aliphatic rings. The lowest BCUT2D eigenvalue weighted by Crippen LogP contribution is -2.49. The van der Waals surface area contributed by atoms with Crippen molar-refractivity contribution in [3.8, 4) is 11.4 Å². The zero-order valence-electron chi connectivity index (χ0n) is 15.6. The highest BCUT2D eigenvalue weighted by atomic mass is 32.2. The van der Waals surface area contributed by atoms with Crippen LogP contribution in [-0.2, 0) is 14.8 Å². The fourth-order valence-corrected chi connectivity index (χ4v) is 4.75. The molecule has 1 unspecified atom stereocenters. The van der Waals surface area contributed by atoms with Gasteiger partial charge in [0.2, 0.25) is 15.9 Å². The molecular weight excluding hydrogens is 376 g/mol. The fourth-order valence-electron chi connectivity index (χ4n) is 3.62. The van der Waals surface area contributed by atoms with Gasteiger partial charge in [-0.05, 0) is 37.1 Å². The Morgan fingerprint density at radius 1 is 1.18 bits per heavy atom. The van der Waals surface area contributed by atoms with Crippen molar-refractivity contribution in [2.24, 2.45) is 0 Å². The predicted octanol–water partition coefficient (Wildman–Crippen LogP) is 2.98. The van der Waals surface area contributed by atoms with Crippen molar-refractivity contribution in [3.05, 3.63) is 48.5 Å². The second-order valence-electron chi connectivity index (χ2n) is 7.06. The first-order chi connectivity index (χ1) is 13.4. The van der Waals surface area contributed by atoms with Crippen LogP contribution >= 0.6 is 0 Å². The van der Waals surface area contributed by atoms with Crippen LogP contribution in [0.5, 0.6) is 0 Å². The number of carbonyl (C=O) groups excluding carboxylic acids is 1. The van der Waals surface area contributed by atoms with Crippen LogP contribution in [0.15, 0.2) is 48.5 Å². The summed E-state index contributed by atoms with van der Waals surface area (Å²) in [6.07, 6.45) is 3.30. The topological polar surface area (TPSA) is 95.2 Å². The van der Waals surface area contributed by atoms with Gasteiger partial charge in [0.05, 0.1) is 17.3 Å². The minimum Gasteiger partial charge on any atom is -0.338 e. The van der Waals surface area contributed by atoms with E-state index in [1.165, 1.54) is 4.31 Å². The average molecular weight is 398 g/mol. The van der Waals surface area contributed by atoms with Crippen LogP contribution in [0.25, 0.3) is 22.4 Å². The van der Waals surface area contributed by atoms with E-state index in [1.54, 1.807) is 6.07 Å². The number of H-pyrrole nitrogens is 1. The van der Waals surface area contributed by atoms with Gasteiger partial charge < -0.3 is 10.3 Å². The smallest absolute Gasteiger partial charge is 0.242 e. The molecule has 4 rings (SSSR count). The molecule has 2 heterocycles. The number of sulfonamides is 1. The van der Waals surface area contributed by atoms with E-state index in [1.807, 2.05) is 42.5 Å². The maximum Gasteiger partial charge on any atom is 0.242 e. The molecule has 0 saturated carbocycles. The van der Waals surface area contributed by atoms with Gasteiger partial charge in [0.1, 0.15) is 11.9 Å². The number of fused-ring (bicyclic) bond motifs is 1. The van der Waals surface area contributed by atoms with Gasteiger partial charge in [-0.15, -0.1) is 0 Å². The zero-order chi connectivity index (χ0) is 19.7. The summed E-state index contributed by atoms with van der Waals surface area (Å²) >= 11 is 0. The first kappa shape index (κ1) is 18.6. The SMILES string of the molecule is CS(=O)(=O)N1CCCCC1C(=O)Nc1cccc(-c2nc3ccccc3[nH]2)c1. The van der Waals surface area contributed by atoms with Crippen LogP contribution in [0.2, 0.25) is 0 Å². The maximum absolute atomic E-state index is 12.8. The van der Waals surface area contributed by atoms with Gasteiger partial charge >= 0.3 is 0 Å². The molecule has 1 atom stereocenters. The summed E-state index contributed by atoms with van der Waals surface area (Å²) in [5.41, 5.74) is 3.27. The molecule has 2 N–H and O–H groups in total. The number of nitrogens with zero attached hydrogens (tertiary/aromatic N) is 2. The second-order valence-corrected chi connectivity index (χ2v) is 8.99. The first-order valence-corrected chi connectivity index (χ1v) is 11.1. The van der Waals surface area contributed by atoms with E-state index in [0.717, 1.165) is 35.7 Å². The molecule has 3 aromatic rings. The number of benzene rings is 2. The molecule has 0 spiro atoms. The summed E-state index contributed by atoms with van der Waals surface area (Å²) in [6.45, 7) is 0.385. The third-order valence-electron chi connectivity index (χ3n) is 4.98. The summed E-state index contributed by atoms with van der Waals surface area (Å²) in [6, 6.07) is 14.5. The molecule has 7 nitrogen and oxygen atoms in total. The van der Waals surface area contributed by atoms with Gasteiger partial charge in [0, 0.05) is 17.8 Å². The van der Waals surface area contributed by atoms with E-state index in [4.69, 9.17) is 0 Å².